The summed E-state index contributed by atoms with van der Waals surface area (Å²) >= 11 is 0.887. The molecular formula is C20H23N3O4S. The van der Waals surface area contributed by atoms with Crippen molar-refractivity contribution in [1.29, 1.82) is 0 Å². The molecule has 0 bridgehead atoms. The van der Waals surface area contributed by atoms with Crippen LogP contribution in [0.1, 0.15) is 18.4 Å². The standard InChI is InChI=1S/C20H23N3O4S/c24-18(22-9-11-27-12-10-22)14-23-19(25)17(28-20(23)26)13-15-3-5-16(6-4-15)21-7-1-2-8-21/h3-6,13H,1-2,7-12,14H2/b17-13+. The summed E-state index contributed by atoms with van der Waals surface area (Å²) in [6, 6.07) is 8.01. The largest absolute Gasteiger partial charge is 0.378 e. The highest BCUT2D eigenvalue weighted by molar-refractivity contribution is 8.18. The summed E-state index contributed by atoms with van der Waals surface area (Å²) in [7, 11) is 0. The third-order valence-corrected chi connectivity index (χ3v) is 6.10. The van der Waals surface area contributed by atoms with Crippen molar-refractivity contribution in [3.63, 3.8) is 0 Å². The van der Waals surface area contributed by atoms with Gasteiger partial charge in [-0.15, -0.1) is 0 Å². The molecule has 0 radical (unpaired) electrons. The molecule has 8 heteroatoms. The van der Waals surface area contributed by atoms with E-state index in [-0.39, 0.29) is 12.5 Å². The van der Waals surface area contributed by atoms with Gasteiger partial charge in [0, 0.05) is 31.9 Å². The Morgan fingerprint density at radius 3 is 2.39 bits per heavy atom. The molecule has 3 fully saturated rings. The lowest BCUT2D eigenvalue weighted by atomic mass is 10.2. The number of nitrogens with zero attached hydrogens (tertiary/aromatic N) is 3. The zero-order chi connectivity index (χ0) is 19.5. The smallest absolute Gasteiger partial charge is 0.294 e. The highest BCUT2D eigenvalue weighted by Gasteiger charge is 2.37. The summed E-state index contributed by atoms with van der Waals surface area (Å²) in [5.41, 5.74) is 2.05. The minimum absolute atomic E-state index is 0.212. The van der Waals surface area contributed by atoms with Gasteiger partial charge in [-0.25, -0.2) is 0 Å². The van der Waals surface area contributed by atoms with Gasteiger partial charge in [-0.3, -0.25) is 19.3 Å². The molecule has 3 aliphatic rings. The van der Waals surface area contributed by atoms with Crippen molar-refractivity contribution in [2.45, 2.75) is 12.8 Å². The predicted molar refractivity (Wildman–Crippen MR) is 108 cm³/mol. The van der Waals surface area contributed by atoms with Crippen molar-refractivity contribution in [2.75, 3.05) is 50.8 Å². The maximum atomic E-state index is 12.6. The van der Waals surface area contributed by atoms with Crippen molar-refractivity contribution < 1.29 is 19.1 Å². The number of rotatable bonds is 4. The SMILES string of the molecule is O=C(CN1C(=O)S/C(=C/c2ccc(N3CCCC3)cc2)C1=O)N1CCOCC1. The molecule has 0 saturated carbocycles. The lowest BCUT2D eigenvalue weighted by molar-refractivity contribution is -0.139. The van der Waals surface area contributed by atoms with Crippen LogP contribution in [0.15, 0.2) is 29.2 Å². The molecule has 0 aromatic heterocycles. The zero-order valence-electron chi connectivity index (χ0n) is 15.6. The molecule has 3 heterocycles. The number of morpholine rings is 1. The molecule has 0 N–H and O–H groups in total. The van der Waals surface area contributed by atoms with Gasteiger partial charge >= 0.3 is 0 Å². The summed E-state index contributed by atoms with van der Waals surface area (Å²) in [6.07, 6.45) is 4.16. The third kappa shape index (κ3) is 4.07. The van der Waals surface area contributed by atoms with E-state index < -0.39 is 11.1 Å². The Kier molecular flexibility index (Phi) is 5.68. The normalized spacial score (nSPS) is 21.9. The average molecular weight is 401 g/mol. The highest BCUT2D eigenvalue weighted by atomic mass is 32.2. The van der Waals surface area contributed by atoms with Crippen LogP contribution in [0, 0.1) is 0 Å². The molecule has 28 heavy (non-hydrogen) atoms. The van der Waals surface area contributed by atoms with Crippen LogP contribution in [0.5, 0.6) is 0 Å². The van der Waals surface area contributed by atoms with E-state index in [1.807, 2.05) is 24.3 Å². The number of benzene rings is 1. The van der Waals surface area contributed by atoms with Crippen LogP contribution in [0.3, 0.4) is 0 Å². The first-order valence-electron chi connectivity index (χ1n) is 9.58. The average Bonchev–Trinajstić information content (AvgIpc) is 3.34. The first-order valence-corrected chi connectivity index (χ1v) is 10.4. The molecule has 0 unspecified atom stereocenters. The van der Waals surface area contributed by atoms with E-state index in [2.05, 4.69) is 4.90 Å². The molecule has 148 valence electrons. The van der Waals surface area contributed by atoms with Crippen LogP contribution in [-0.4, -0.2) is 72.8 Å². The van der Waals surface area contributed by atoms with Crippen LogP contribution in [-0.2, 0) is 14.3 Å². The van der Waals surface area contributed by atoms with E-state index in [0.29, 0.717) is 31.2 Å². The first-order chi connectivity index (χ1) is 13.6. The quantitative estimate of drug-likeness (QED) is 0.721. The molecule has 1 aromatic rings. The summed E-state index contributed by atoms with van der Waals surface area (Å²) in [5, 5.41) is -0.397. The van der Waals surface area contributed by atoms with Crippen LogP contribution >= 0.6 is 11.8 Å². The molecule has 0 spiro atoms. The number of amides is 3. The molecule has 0 atom stereocenters. The monoisotopic (exact) mass is 401 g/mol. The van der Waals surface area contributed by atoms with Crippen molar-refractivity contribution in [1.82, 2.24) is 9.80 Å². The van der Waals surface area contributed by atoms with E-state index in [0.717, 1.165) is 35.3 Å². The van der Waals surface area contributed by atoms with E-state index in [9.17, 15) is 14.4 Å². The van der Waals surface area contributed by atoms with Gasteiger partial charge in [0.05, 0.1) is 18.1 Å². The molecule has 1 aromatic carbocycles. The fourth-order valence-electron chi connectivity index (χ4n) is 3.59. The number of imide groups is 1. The number of carbonyl (C=O) groups excluding carboxylic acids is 3. The molecule has 3 saturated heterocycles. The number of thioether (sulfide) groups is 1. The molecule has 7 nitrogen and oxygen atoms in total. The van der Waals surface area contributed by atoms with Gasteiger partial charge in [-0.1, -0.05) is 12.1 Å². The van der Waals surface area contributed by atoms with E-state index >= 15 is 0 Å². The highest BCUT2D eigenvalue weighted by Crippen LogP contribution is 2.32. The van der Waals surface area contributed by atoms with Gasteiger partial charge in [0.1, 0.15) is 6.54 Å². The second-order valence-electron chi connectivity index (χ2n) is 7.05. The second-order valence-corrected chi connectivity index (χ2v) is 8.04. The van der Waals surface area contributed by atoms with E-state index in [1.54, 1.807) is 11.0 Å². The van der Waals surface area contributed by atoms with Crippen molar-refractivity contribution >= 4 is 40.6 Å². The van der Waals surface area contributed by atoms with E-state index in [1.165, 1.54) is 18.5 Å². The topological polar surface area (TPSA) is 70.2 Å². The molecule has 3 amide bonds. The number of hydrogen-bond acceptors (Lipinski definition) is 6. The maximum Gasteiger partial charge on any atom is 0.294 e. The maximum absolute atomic E-state index is 12.6. The lowest BCUT2D eigenvalue weighted by Gasteiger charge is -2.28. The number of ether oxygens (including phenoxy) is 1. The van der Waals surface area contributed by atoms with Crippen molar-refractivity contribution in [3.8, 4) is 0 Å². The summed E-state index contributed by atoms with van der Waals surface area (Å²) in [6.45, 7) is 3.91. The van der Waals surface area contributed by atoms with Crippen LogP contribution in [0.2, 0.25) is 0 Å². The predicted octanol–water partition coefficient (Wildman–Crippen LogP) is 2.18. The molecular weight excluding hydrogens is 378 g/mol. The van der Waals surface area contributed by atoms with Gasteiger partial charge < -0.3 is 14.5 Å². The minimum Gasteiger partial charge on any atom is -0.378 e. The summed E-state index contributed by atoms with van der Waals surface area (Å²) in [5.74, 6) is -0.623. The van der Waals surface area contributed by atoms with Crippen LogP contribution in [0.4, 0.5) is 10.5 Å². The van der Waals surface area contributed by atoms with Crippen molar-refractivity contribution in [3.05, 3.63) is 34.7 Å². The van der Waals surface area contributed by atoms with Gasteiger partial charge in [-0.2, -0.15) is 0 Å². The van der Waals surface area contributed by atoms with Gasteiger partial charge in [-0.05, 0) is 48.4 Å². The van der Waals surface area contributed by atoms with E-state index in [4.69, 9.17) is 4.74 Å². The third-order valence-electron chi connectivity index (χ3n) is 5.19. The minimum atomic E-state index is -0.403. The Hall–Kier alpha value is -2.32. The molecule has 0 aliphatic carbocycles. The van der Waals surface area contributed by atoms with Crippen LogP contribution in [0.25, 0.3) is 6.08 Å². The Bertz CT molecular complexity index is 796. The van der Waals surface area contributed by atoms with Crippen molar-refractivity contribution in [2.24, 2.45) is 0 Å². The Morgan fingerprint density at radius 1 is 1.04 bits per heavy atom. The summed E-state index contributed by atoms with van der Waals surface area (Å²) in [4.78, 5) is 42.6. The Morgan fingerprint density at radius 2 is 1.71 bits per heavy atom. The Labute approximate surface area is 168 Å². The lowest BCUT2D eigenvalue weighted by Crippen LogP contribution is -2.46. The van der Waals surface area contributed by atoms with Crippen LogP contribution < -0.4 is 4.90 Å². The number of anilines is 1. The van der Waals surface area contributed by atoms with Gasteiger partial charge in [0.25, 0.3) is 11.1 Å². The second kappa shape index (κ2) is 8.36. The van der Waals surface area contributed by atoms with Gasteiger partial charge in [0.2, 0.25) is 5.91 Å². The molecule has 4 rings (SSSR count). The Balaban J connectivity index is 1.42. The number of carbonyl (C=O) groups is 3. The fourth-order valence-corrected chi connectivity index (χ4v) is 4.43. The fraction of sp³-hybridized carbons (Fsp3) is 0.450. The zero-order valence-corrected chi connectivity index (χ0v) is 16.5. The first kappa shape index (κ1) is 19.0. The number of hydrogen-bond donors (Lipinski definition) is 0. The molecule has 3 aliphatic heterocycles. The van der Waals surface area contributed by atoms with Gasteiger partial charge in [0.15, 0.2) is 0 Å². The summed E-state index contributed by atoms with van der Waals surface area (Å²) < 4.78 is 5.23.